The lowest BCUT2D eigenvalue weighted by Crippen LogP contribution is -2.50. The number of rotatable bonds is 2. The Labute approximate surface area is 74.8 Å². The van der Waals surface area contributed by atoms with Gasteiger partial charge >= 0.3 is 0 Å². The molecular weight excluding hydrogens is 172 g/mol. The van der Waals surface area contributed by atoms with Crippen molar-refractivity contribution in [2.24, 2.45) is 0 Å². The van der Waals surface area contributed by atoms with E-state index in [0.29, 0.717) is 0 Å². The quantitative estimate of drug-likeness (QED) is 0.717. The van der Waals surface area contributed by atoms with Gasteiger partial charge in [0, 0.05) is 5.38 Å². The zero-order valence-electron chi connectivity index (χ0n) is 6.54. The Kier molecular flexibility index (Phi) is 2.10. The summed E-state index contributed by atoms with van der Waals surface area (Å²) in [6, 6.07) is 1.94. The minimum Gasteiger partial charge on any atom is -0.324 e. The number of amides is 1. The van der Waals surface area contributed by atoms with E-state index in [1.54, 1.807) is 11.3 Å². The number of carbonyl (C=O) groups is 1. The predicted octanol–water partition coefficient (Wildman–Crippen LogP) is 1.05. The third kappa shape index (κ3) is 1.49. The number of anilines is 1. The molecule has 1 aliphatic heterocycles. The summed E-state index contributed by atoms with van der Waals surface area (Å²) in [6.07, 6.45) is 0.954. The summed E-state index contributed by atoms with van der Waals surface area (Å²) in [4.78, 5) is 11.3. The first-order chi connectivity index (χ1) is 5.86. The monoisotopic (exact) mass is 182 g/mol. The standard InChI is InChI=1S/C8H10N2OS/c11-8(7-1-3-9-7)10-6-2-4-12-5-6/h2,4-5,7,9H,1,3H2,(H,10,11). The molecule has 64 valence electrons. The highest BCUT2D eigenvalue weighted by Gasteiger charge is 2.24. The number of nitrogens with one attached hydrogen (secondary N) is 2. The number of thiophene rings is 1. The van der Waals surface area contributed by atoms with Gasteiger partial charge in [0.15, 0.2) is 0 Å². The first kappa shape index (κ1) is 7.76. The maximum absolute atomic E-state index is 11.3. The van der Waals surface area contributed by atoms with E-state index in [2.05, 4.69) is 10.6 Å². The van der Waals surface area contributed by atoms with Gasteiger partial charge < -0.3 is 10.6 Å². The summed E-state index contributed by atoms with van der Waals surface area (Å²) in [7, 11) is 0. The Balaban J connectivity index is 1.90. The number of carbonyl (C=O) groups excluding carboxylic acids is 1. The molecule has 1 fully saturated rings. The second kappa shape index (κ2) is 3.25. The van der Waals surface area contributed by atoms with Crippen molar-refractivity contribution >= 4 is 22.9 Å². The van der Waals surface area contributed by atoms with E-state index < -0.39 is 0 Å². The van der Waals surface area contributed by atoms with Gasteiger partial charge in [-0.15, -0.1) is 0 Å². The molecule has 0 bridgehead atoms. The van der Waals surface area contributed by atoms with E-state index in [0.717, 1.165) is 18.7 Å². The second-order valence-corrected chi connectivity index (χ2v) is 3.58. The molecule has 1 unspecified atom stereocenters. The maximum atomic E-state index is 11.3. The third-order valence-corrected chi connectivity index (χ3v) is 2.61. The number of hydrogen-bond donors (Lipinski definition) is 2. The Morgan fingerprint density at radius 1 is 1.75 bits per heavy atom. The Morgan fingerprint density at radius 3 is 3.08 bits per heavy atom. The SMILES string of the molecule is O=C(Nc1ccsc1)C1CCN1. The maximum Gasteiger partial charge on any atom is 0.241 e. The van der Waals surface area contributed by atoms with Crippen LogP contribution in [0.4, 0.5) is 5.69 Å². The first-order valence-electron chi connectivity index (χ1n) is 3.93. The van der Waals surface area contributed by atoms with Gasteiger partial charge in [-0.25, -0.2) is 0 Å². The Hall–Kier alpha value is -0.870. The van der Waals surface area contributed by atoms with Gasteiger partial charge in [-0.2, -0.15) is 11.3 Å². The van der Waals surface area contributed by atoms with Gasteiger partial charge in [-0.05, 0) is 24.4 Å². The van der Waals surface area contributed by atoms with E-state index in [-0.39, 0.29) is 11.9 Å². The highest BCUT2D eigenvalue weighted by molar-refractivity contribution is 7.08. The van der Waals surface area contributed by atoms with Crippen LogP contribution in [0.1, 0.15) is 6.42 Å². The molecule has 3 nitrogen and oxygen atoms in total. The van der Waals surface area contributed by atoms with E-state index in [4.69, 9.17) is 0 Å². The molecule has 2 N–H and O–H groups in total. The van der Waals surface area contributed by atoms with Gasteiger partial charge in [0.2, 0.25) is 5.91 Å². The smallest absolute Gasteiger partial charge is 0.241 e. The van der Waals surface area contributed by atoms with Gasteiger partial charge in [0.1, 0.15) is 0 Å². The van der Waals surface area contributed by atoms with Crippen LogP contribution in [0.3, 0.4) is 0 Å². The van der Waals surface area contributed by atoms with E-state index >= 15 is 0 Å². The average molecular weight is 182 g/mol. The lowest BCUT2D eigenvalue weighted by atomic mass is 10.1. The molecule has 2 rings (SSSR count). The normalized spacial score (nSPS) is 21.5. The van der Waals surface area contributed by atoms with Crippen LogP contribution in [0.2, 0.25) is 0 Å². The summed E-state index contributed by atoms with van der Waals surface area (Å²) in [5.74, 6) is 0.0830. The Bertz CT molecular complexity index is 267. The zero-order valence-corrected chi connectivity index (χ0v) is 7.36. The van der Waals surface area contributed by atoms with Gasteiger partial charge in [0.25, 0.3) is 0 Å². The van der Waals surface area contributed by atoms with Crippen molar-refractivity contribution in [2.45, 2.75) is 12.5 Å². The second-order valence-electron chi connectivity index (χ2n) is 2.80. The van der Waals surface area contributed by atoms with Crippen LogP contribution < -0.4 is 10.6 Å². The van der Waals surface area contributed by atoms with Crippen LogP contribution in [-0.2, 0) is 4.79 Å². The van der Waals surface area contributed by atoms with Crippen LogP contribution in [0.15, 0.2) is 16.8 Å². The lowest BCUT2D eigenvalue weighted by molar-refractivity contribution is -0.119. The number of hydrogen-bond acceptors (Lipinski definition) is 3. The molecule has 2 heterocycles. The van der Waals surface area contributed by atoms with E-state index in [1.807, 2.05) is 16.8 Å². The van der Waals surface area contributed by atoms with Crippen LogP contribution in [0, 0.1) is 0 Å². The molecule has 0 saturated carbocycles. The van der Waals surface area contributed by atoms with E-state index in [1.165, 1.54) is 0 Å². The summed E-state index contributed by atoms with van der Waals surface area (Å²) >= 11 is 1.58. The molecule has 4 heteroatoms. The minimum absolute atomic E-state index is 0.0323. The van der Waals surface area contributed by atoms with Crippen LogP contribution >= 0.6 is 11.3 Å². The summed E-state index contributed by atoms with van der Waals surface area (Å²) in [6.45, 7) is 0.960. The van der Waals surface area contributed by atoms with Crippen molar-refractivity contribution in [1.82, 2.24) is 5.32 Å². The lowest BCUT2D eigenvalue weighted by Gasteiger charge is -2.25. The molecule has 0 radical (unpaired) electrons. The fourth-order valence-corrected chi connectivity index (χ4v) is 1.67. The molecule has 1 saturated heterocycles. The summed E-state index contributed by atoms with van der Waals surface area (Å²) in [5.41, 5.74) is 0.902. The molecular formula is C8H10N2OS. The van der Waals surface area contributed by atoms with Gasteiger partial charge in [0.05, 0.1) is 11.7 Å². The van der Waals surface area contributed by atoms with Crippen molar-refractivity contribution < 1.29 is 4.79 Å². The molecule has 1 amide bonds. The topological polar surface area (TPSA) is 41.1 Å². The largest absolute Gasteiger partial charge is 0.324 e. The van der Waals surface area contributed by atoms with Crippen molar-refractivity contribution in [3.05, 3.63) is 16.8 Å². The molecule has 0 aromatic carbocycles. The molecule has 1 aliphatic rings. The predicted molar refractivity (Wildman–Crippen MR) is 49.4 cm³/mol. The third-order valence-electron chi connectivity index (χ3n) is 1.93. The van der Waals surface area contributed by atoms with Crippen molar-refractivity contribution in [3.8, 4) is 0 Å². The molecule has 12 heavy (non-hydrogen) atoms. The molecule has 1 aromatic rings. The van der Waals surface area contributed by atoms with Crippen molar-refractivity contribution in [1.29, 1.82) is 0 Å². The fourth-order valence-electron chi connectivity index (χ4n) is 1.08. The fraction of sp³-hybridized carbons (Fsp3) is 0.375. The van der Waals surface area contributed by atoms with Crippen molar-refractivity contribution in [2.75, 3.05) is 11.9 Å². The van der Waals surface area contributed by atoms with Crippen LogP contribution in [0.5, 0.6) is 0 Å². The van der Waals surface area contributed by atoms with E-state index in [9.17, 15) is 4.79 Å². The summed E-state index contributed by atoms with van der Waals surface area (Å²) < 4.78 is 0. The van der Waals surface area contributed by atoms with Crippen LogP contribution in [0.25, 0.3) is 0 Å². The first-order valence-corrected chi connectivity index (χ1v) is 4.87. The average Bonchev–Trinajstić information content (AvgIpc) is 2.34. The summed E-state index contributed by atoms with van der Waals surface area (Å²) in [5, 5.41) is 9.76. The van der Waals surface area contributed by atoms with Crippen molar-refractivity contribution in [3.63, 3.8) is 0 Å². The highest BCUT2D eigenvalue weighted by atomic mass is 32.1. The molecule has 0 spiro atoms. The van der Waals surface area contributed by atoms with Crippen LogP contribution in [-0.4, -0.2) is 18.5 Å². The molecule has 1 aromatic heterocycles. The zero-order chi connectivity index (χ0) is 8.39. The molecule has 1 atom stereocenters. The Morgan fingerprint density at radius 2 is 2.58 bits per heavy atom. The molecule has 0 aliphatic carbocycles. The minimum atomic E-state index is 0.0323. The van der Waals surface area contributed by atoms with Gasteiger partial charge in [-0.1, -0.05) is 0 Å². The highest BCUT2D eigenvalue weighted by Crippen LogP contribution is 2.13. The van der Waals surface area contributed by atoms with Gasteiger partial charge in [-0.3, -0.25) is 4.79 Å².